The smallest absolute Gasteiger partial charge is 0.254 e. The Morgan fingerprint density at radius 3 is 2.77 bits per heavy atom. The average Bonchev–Trinajstić information content (AvgIpc) is 2.54. The predicted octanol–water partition coefficient (Wildman–Crippen LogP) is 2.05. The summed E-state index contributed by atoms with van der Waals surface area (Å²) in [5, 5.41) is 3.33. The molecule has 112 valence electrons. The third-order valence-corrected chi connectivity index (χ3v) is 3.80. The first-order valence-electron chi connectivity index (χ1n) is 6.91. The first-order chi connectivity index (χ1) is 10.7. The Kier molecular flexibility index (Phi) is 4.06. The second-order valence-corrected chi connectivity index (χ2v) is 5.42. The molecule has 2 amide bonds. The molecule has 22 heavy (non-hydrogen) atoms. The van der Waals surface area contributed by atoms with Crippen molar-refractivity contribution >= 4 is 23.4 Å². The van der Waals surface area contributed by atoms with Crippen molar-refractivity contribution in [3.63, 3.8) is 0 Å². The normalized spacial score (nSPS) is 18.0. The van der Waals surface area contributed by atoms with Crippen LogP contribution in [0, 0.1) is 0 Å². The third-order valence-electron chi connectivity index (χ3n) is 3.56. The largest absolute Gasteiger partial charge is 0.352 e. The van der Waals surface area contributed by atoms with Gasteiger partial charge in [-0.3, -0.25) is 14.6 Å². The molecule has 0 aliphatic carbocycles. The zero-order valence-electron chi connectivity index (χ0n) is 11.7. The van der Waals surface area contributed by atoms with E-state index in [9.17, 15) is 9.59 Å². The van der Waals surface area contributed by atoms with Crippen molar-refractivity contribution in [2.75, 3.05) is 13.1 Å². The first-order valence-corrected chi connectivity index (χ1v) is 7.29. The summed E-state index contributed by atoms with van der Waals surface area (Å²) in [6, 6.07) is 9.63. The molecule has 1 unspecified atom stereocenters. The molecule has 0 saturated carbocycles. The lowest BCUT2D eigenvalue weighted by atomic mass is 10.0. The predicted molar refractivity (Wildman–Crippen MR) is 82.5 cm³/mol. The minimum Gasteiger partial charge on any atom is -0.352 e. The zero-order valence-corrected chi connectivity index (χ0v) is 12.5. The van der Waals surface area contributed by atoms with Gasteiger partial charge in [0.1, 0.15) is 6.04 Å². The van der Waals surface area contributed by atoms with Crippen LogP contribution in [0.3, 0.4) is 0 Å². The molecule has 0 radical (unpaired) electrons. The summed E-state index contributed by atoms with van der Waals surface area (Å²) in [5.74, 6) is -0.391. The van der Waals surface area contributed by atoms with Gasteiger partial charge in [-0.25, -0.2) is 0 Å². The fraction of sp³-hybridized carbons (Fsp3) is 0.188. The minimum absolute atomic E-state index is 0.192. The van der Waals surface area contributed by atoms with E-state index in [2.05, 4.69) is 10.3 Å². The number of aromatic nitrogens is 1. The van der Waals surface area contributed by atoms with Gasteiger partial charge >= 0.3 is 0 Å². The van der Waals surface area contributed by atoms with Crippen molar-refractivity contribution in [2.45, 2.75) is 6.04 Å². The number of hydrogen-bond donors (Lipinski definition) is 1. The van der Waals surface area contributed by atoms with Crippen molar-refractivity contribution in [3.8, 4) is 0 Å². The van der Waals surface area contributed by atoms with E-state index in [1.54, 1.807) is 53.7 Å². The fourth-order valence-electron chi connectivity index (χ4n) is 2.55. The summed E-state index contributed by atoms with van der Waals surface area (Å²) in [5.41, 5.74) is 1.21. The molecule has 5 nitrogen and oxygen atoms in total. The van der Waals surface area contributed by atoms with E-state index >= 15 is 0 Å². The van der Waals surface area contributed by atoms with E-state index in [1.165, 1.54) is 0 Å². The van der Waals surface area contributed by atoms with Gasteiger partial charge in [0.15, 0.2) is 0 Å². The van der Waals surface area contributed by atoms with Gasteiger partial charge in [-0.1, -0.05) is 23.7 Å². The van der Waals surface area contributed by atoms with Crippen molar-refractivity contribution < 1.29 is 9.59 Å². The van der Waals surface area contributed by atoms with Gasteiger partial charge in [-0.15, -0.1) is 0 Å². The van der Waals surface area contributed by atoms with Crippen LogP contribution in [-0.2, 0) is 4.79 Å². The lowest BCUT2D eigenvalue weighted by Crippen LogP contribution is -2.52. The minimum atomic E-state index is -0.673. The Morgan fingerprint density at radius 2 is 2.05 bits per heavy atom. The number of hydrogen-bond acceptors (Lipinski definition) is 3. The molecule has 1 aliphatic heterocycles. The highest BCUT2D eigenvalue weighted by Crippen LogP contribution is 2.26. The topological polar surface area (TPSA) is 62.3 Å². The second kappa shape index (κ2) is 6.15. The highest BCUT2D eigenvalue weighted by molar-refractivity contribution is 6.30. The van der Waals surface area contributed by atoms with Crippen LogP contribution in [0.2, 0.25) is 5.02 Å². The molecule has 2 aromatic rings. The van der Waals surface area contributed by atoms with Gasteiger partial charge in [0, 0.05) is 36.1 Å². The molecule has 2 heterocycles. The lowest BCUT2D eigenvalue weighted by Gasteiger charge is -2.35. The van der Waals surface area contributed by atoms with E-state index in [-0.39, 0.29) is 11.8 Å². The van der Waals surface area contributed by atoms with E-state index < -0.39 is 6.04 Å². The monoisotopic (exact) mass is 315 g/mol. The second-order valence-electron chi connectivity index (χ2n) is 4.98. The van der Waals surface area contributed by atoms with Gasteiger partial charge in [0.25, 0.3) is 5.91 Å². The maximum atomic E-state index is 12.7. The number of amides is 2. The summed E-state index contributed by atoms with van der Waals surface area (Å²) >= 11 is 6.01. The molecule has 3 rings (SSSR count). The Bertz CT molecular complexity index is 706. The SMILES string of the molecule is O=C1NCCN(C(=O)c2ccncc2)C1c1cccc(Cl)c1. The Morgan fingerprint density at radius 1 is 1.27 bits per heavy atom. The van der Waals surface area contributed by atoms with Gasteiger partial charge in [0.2, 0.25) is 5.91 Å². The van der Waals surface area contributed by atoms with Crippen molar-refractivity contribution in [1.29, 1.82) is 0 Å². The summed E-state index contributed by atoms with van der Waals surface area (Å²) in [4.78, 5) is 30.5. The zero-order chi connectivity index (χ0) is 15.5. The number of nitrogens with zero attached hydrogens (tertiary/aromatic N) is 2. The highest BCUT2D eigenvalue weighted by Gasteiger charge is 2.34. The molecule has 1 atom stereocenters. The molecule has 1 aromatic carbocycles. The van der Waals surface area contributed by atoms with Crippen LogP contribution in [0.15, 0.2) is 48.8 Å². The molecule has 6 heteroatoms. The summed E-state index contributed by atoms with van der Waals surface area (Å²) < 4.78 is 0. The molecule has 1 N–H and O–H groups in total. The quantitative estimate of drug-likeness (QED) is 0.922. The molecular weight excluding hydrogens is 302 g/mol. The fourth-order valence-corrected chi connectivity index (χ4v) is 2.75. The molecule has 1 saturated heterocycles. The van der Waals surface area contributed by atoms with Gasteiger partial charge < -0.3 is 10.2 Å². The molecule has 1 aromatic heterocycles. The third kappa shape index (κ3) is 2.80. The summed E-state index contributed by atoms with van der Waals surface area (Å²) in [7, 11) is 0. The van der Waals surface area contributed by atoms with Crippen LogP contribution in [-0.4, -0.2) is 34.8 Å². The van der Waals surface area contributed by atoms with E-state index in [4.69, 9.17) is 11.6 Å². The number of carbonyl (C=O) groups is 2. The van der Waals surface area contributed by atoms with E-state index in [1.807, 2.05) is 0 Å². The van der Waals surface area contributed by atoms with Crippen LogP contribution in [0.5, 0.6) is 0 Å². The molecule has 1 fully saturated rings. The number of pyridine rings is 1. The van der Waals surface area contributed by atoms with Crippen LogP contribution < -0.4 is 5.32 Å². The van der Waals surface area contributed by atoms with E-state index in [0.717, 1.165) is 0 Å². The maximum absolute atomic E-state index is 12.7. The van der Waals surface area contributed by atoms with Gasteiger partial charge in [-0.05, 0) is 29.8 Å². The number of nitrogens with one attached hydrogen (secondary N) is 1. The standard InChI is InChI=1S/C16H14ClN3O2/c17-13-3-1-2-12(10-13)14-15(21)19-8-9-20(14)16(22)11-4-6-18-7-5-11/h1-7,10,14H,8-9H2,(H,19,21). The number of carbonyl (C=O) groups excluding carboxylic acids is 2. The van der Waals surface area contributed by atoms with Crippen molar-refractivity contribution in [3.05, 3.63) is 64.9 Å². The Labute approximate surface area is 132 Å². The van der Waals surface area contributed by atoms with Gasteiger partial charge in [0.05, 0.1) is 0 Å². The molecule has 0 bridgehead atoms. The molecular formula is C16H14ClN3O2. The number of rotatable bonds is 2. The lowest BCUT2D eigenvalue weighted by molar-refractivity contribution is -0.128. The highest BCUT2D eigenvalue weighted by atomic mass is 35.5. The average molecular weight is 316 g/mol. The number of halogens is 1. The Hall–Kier alpha value is -2.40. The van der Waals surface area contributed by atoms with Crippen molar-refractivity contribution in [2.24, 2.45) is 0 Å². The van der Waals surface area contributed by atoms with Crippen molar-refractivity contribution in [1.82, 2.24) is 15.2 Å². The van der Waals surface area contributed by atoms with Crippen LogP contribution >= 0.6 is 11.6 Å². The Balaban J connectivity index is 1.97. The van der Waals surface area contributed by atoms with E-state index in [0.29, 0.717) is 29.2 Å². The van der Waals surface area contributed by atoms with Crippen LogP contribution in [0.1, 0.15) is 22.0 Å². The van der Waals surface area contributed by atoms with Crippen LogP contribution in [0.4, 0.5) is 0 Å². The number of piperazine rings is 1. The first kappa shape index (κ1) is 14.5. The number of benzene rings is 1. The molecule has 0 spiro atoms. The van der Waals surface area contributed by atoms with Crippen LogP contribution in [0.25, 0.3) is 0 Å². The summed E-state index contributed by atoms with van der Waals surface area (Å²) in [6.45, 7) is 0.886. The summed E-state index contributed by atoms with van der Waals surface area (Å²) in [6.07, 6.45) is 3.12. The van der Waals surface area contributed by atoms with Gasteiger partial charge in [-0.2, -0.15) is 0 Å². The molecule has 1 aliphatic rings. The maximum Gasteiger partial charge on any atom is 0.254 e.